The summed E-state index contributed by atoms with van der Waals surface area (Å²) in [7, 11) is 0. The van der Waals surface area contributed by atoms with Crippen molar-refractivity contribution < 1.29 is 9.84 Å². The summed E-state index contributed by atoms with van der Waals surface area (Å²) in [6, 6.07) is 5.70. The Hall–Kier alpha value is -0.770. The lowest BCUT2D eigenvalue weighted by Gasteiger charge is -2.08. The highest BCUT2D eigenvalue weighted by molar-refractivity contribution is 6.31. The molecule has 0 aliphatic carbocycles. The average molecular weight is 258 g/mol. The largest absolute Gasteiger partial charge is 0.494 e. The molecule has 1 aromatic rings. The van der Waals surface area contributed by atoms with Gasteiger partial charge in [0.05, 0.1) is 13.2 Å². The van der Waals surface area contributed by atoms with Crippen molar-refractivity contribution in [2.75, 3.05) is 26.3 Å². The molecule has 0 heterocycles. The van der Waals surface area contributed by atoms with Gasteiger partial charge in [-0.3, -0.25) is 0 Å². The van der Waals surface area contributed by atoms with Crippen LogP contribution in [0.3, 0.4) is 0 Å². The summed E-state index contributed by atoms with van der Waals surface area (Å²) in [5, 5.41) is 12.5. The molecule has 0 amide bonds. The summed E-state index contributed by atoms with van der Waals surface area (Å²) in [6.45, 7) is 4.46. The molecule has 0 fully saturated rings. The minimum atomic E-state index is 0.195. The molecule has 0 bridgehead atoms. The monoisotopic (exact) mass is 257 g/mol. The summed E-state index contributed by atoms with van der Waals surface area (Å²) in [6.07, 6.45) is 2.05. The standard InChI is InChI=1S/C13H20ClNO2/c1-11-10-12(4-5-13(11)14)17-9-3-2-6-15-7-8-16/h4-5,10,15-16H,2-3,6-9H2,1H3. The summed E-state index contributed by atoms with van der Waals surface area (Å²) in [5.74, 6) is 0.871. The number of unbranched alkanes of at least 4 members (excludes halogenated alkanes) is 1. The van der Waals surface area contributed by atoms with Crippen LogP contribution in [0.15, 0.2) is 18.2 Å². The van der Waals surface area contributed by atoms with E-state index in [-0.39, 0.29) is 6.61 Å². The number of rotatable bonds is 8. The van der Waals surface area contributed by atoms with Crippen LogP contribution < -0.4 is 10.1 Å². The predicted octanol–water partition coefficient (Wildman–Crippen LogP) is 2.39. The second-order valence-corrected chi connectivity index (χ2v) is 4.35. The normalized spacial score (nSPS) is 10.5. The molecule has 0 radical (unpaired) electrons. The molecule has 0 saturated carbocycles. The molecule has 17 heavy (non-hydrogen) atoms. The van der Waals surface area contributed by atoms with Gasteiger partial charge in [0, 0.05) is 11.6 Å². The number of aliphatic hydroxyl groups excluding tert-OH is 1. The molecule has 1 aromatic carbocycles. The zero-order chi connectivity index (χ0) is 12.5. The minimum absolute atomic E-state index is 0.195. The summed E-state index contributed by atoms with van der Waals surface area (Å²) >= 11 is 5.93. The van der Waals surface area contributed by atoms with Crippen molar-refractivity contribution in [1.82, 2.24) is 5.32 Å². The lowest BCUT2D eigenvalue weighted by Crippen LogP contribution is -2.19. The van der Waals surface area contributed by atoms with Crippen LogP contribution in [0.2, 0.25) is 5.02 Å². The van der Waals surface area contributed by atoms with Gasteiger partial charge >= 0.3 is 0 Å². The fraction of sp³-hybridized carbons (Fsp3) is 0.538. The quantitative estimate of drug-likeness (QED) is 0.703. The zero-order valence-electron chi connectivity index (χ0n) is 10.2. The lowest BCUT2D eigenvalue weighted by atomic mass is 10.2. The Morgan fingerprint density at radius 1 is 1.29 bits per heavy atom. The number of ether oxygens (including phenoxy) is 1. The number of aryl methyl sites for hydroxylation is 1. The van der Waals surface area contributed by atoms with Crippen molar-refractivity contribution in [1.29, 1.82) is 0 Å². The Kier molecular flexibility index (Phi) is 7.01. The van der Waals surface area contributed by atoms with Crippen molar-refractivity contribution in [3.63, 3.8) is 0 Å². The third-order valence-electron chi connectivity index (χ3n) is 2.43. The molecule has 0 aliphatic heterocycles. The molecule has 4 heteroatoms. The Balaban J connectivity index is 2.11. The first-order valence-electron chi connectivity index (χ1n) is 5.94. The lowest BCUT2D eigenvalue weighted by molar-refractivity contribution is 0.286. The molecule has 1 rings (SSSR count). The van der Waals surface area contributed by atoms with Crippen LogP contribution in [0, 0.1) is 6.92 Å². The van der Waals surface area contributed by atoms with E-state index in [0.29, 0.717) is 13.2 Å². The van der Waals surface area contributed by atoms with Gasteiger partial charge in [-0.2, -0.15) is 0 Å². The number of hydrogen-bond donors (Lipinski definition) is 2. The van der Waals surface area contributed by atoms with Gasteiger partial charge in [-0.15, -0.1) is 0 Å². The number of benzene rings is 1. The second-order valence-electron chi connectivity index (χ2n) is 3.94. The number of halogens is 1. The number of nitrogens with one attached hydrogen (secondary N) is 1. The third kappa shape index (κ3) is 5.91. The molecular formula is C13H20ClNO2. The fourth-order valence-corrected chi connectivity index (χ4v) is 1.57. The minimum Gasteiger partial charge on any atom is -0.494 e. The van der Waals surface area contributed by atoms with E-state index in [4.69, 9.17) is 21.4 Å². The topological polar surface area (TPSA) is 41.5 Å². The molecule has 0 saturated heterocycles. The molecule has 0 spiro atoms. The van der Waals surface area contributed by atoms with Crippen LogP contribution in [-0.4, -0.2) is 31.4 Å². The molecular weight excluding hydrogens is 238 g/mol. The van der Waals surface area contributed by atoms with Gasteiger partial charge in [0.1, 0.15) is 5.75 Å². The molecule has 96 valence electrons. The van der Waals surface area contributed by atoms with E-state index in [9.17, 15) is 0 Å². The van der Waals surface area contributed by atoms with Crippen LogP contribution in [0.1, 0.15) is 18.4 Å². The van der Waals surface area contributed by atoms with E-state index in [1.54, 1.807) is 0 Å². The first kappa shape index (κ1) is 14.3. The Bertz CT molecular complexity index is 331. The average Bonchev–Trinajstić information content (AvgIpc) is 2.32. The van der Waals surface area contributed by atoms with Gasteiger partial charge in [0.2, 0.25) is 0 Å². The van der Waals surface area contributed by atoms with E-state index < -0.39 is 0 Å². The van der Waals surface area contributed by atoms with Crippen LogP contribution in [-0.2, 0) is 0 Å². The molecule has 0 aliphatic rings. The summed E-state index contributed by atoms with van der Waals surface area (Å²) in [4.78, 5) is 0. The van der Waals surface area contributed by atoms with Crippen molar-refractivity contribution in [3.8, 4) is 5.75 Å². The Labute approximate surface area is 108 Å². The maximum atomic E-state index is 8.57. The van der Waals surface area contributed by atoms with Crippen LogP contribution >= 0.6 is 11.6 Å². The molecule has 2 N–H and O–H groups in total. The van der Waals surface area contributed by atoms with E-state index >= 15 is 0 Å². The molecule has 0 unspecified atom stereocenters. The van der Waals surface area contributed by atoms with E-state index in [1.807, 2.05) is 25.1 Å². The molecule has 3 nitrogen and oxygen atoms in total. The van der Waals surface area contributed by atoms with E-state index in [0.717, 1.165) is 35.7 Å². The van der Waals surface area contributed by atoms with Gasteiger partial charge < -0.3 is 15.2 Å². The first-order valence-corrected chi connectivity index (χ1v) is 6.32. The van der Waals surface area contributed by atoms with Crippen LogP contribution in [0.25, 0.3) is 0 Å². The summed E-state index contributed by atoms with van der Waals surface area (Å²) < 4.78 is 5.61. The highest BCUT2D eigenvalue weighted by Crippen LogP contribution is 2.21. The SMILES string of the molecule is Cc1cc(OCCCCNCCO)ccc1Cl. The fourth-order valence-electron chi connectivity index (χ4n) is 1.45. The second kappa shape index (κ2) is 8.34. The maximum Gasteiger partial charge on any atom is 0.119 e. The molecule has 0 atom stereocenters. The Morgan fingerprint density at radius 3 is 2.82 bits per heavy atom. The van der Waals surface area contributed by atoms with Crippen molar-refractivity contribution >= 4 is 11.6 Å². The number of aliphatic hydroxyl groups is 1. The van der Waals surface area contributed by atoms with Gasteiger partial charge in [-0.05, 0) is 50.1 Å². The highest BCUT2D eigenvalue weighted by Gasteiger charge is 1.98. The zero-order valence-corrected chi connectivity index (χ0v) is 11.0. The third-order valence-corrected chi connectivity index (χ3v) is 2.86. The van der Waals surface area contributed by atoms with Gasteiger partial charge in [-0.1, -0.05) is 11.6 Å². The van der Waals surface area contributed by atoms with E-state index in [1.165, 1.54) is 0 Å². The van der Waals surface area contributed by atoms with Gasteiger partial charge in [0.25, 0.3) is 0 Å². The summed E-state index contributed by atoms with van der Waals surface area (Å²) in [5.41, 5.74) is 1.04. The first-order chi connectivity index (χ1) is 8.24. The maximum absolute atomic E-state index is 8.57. The highest BCUT2D eigenvalue weighted by atomic mass is 35.5. The predicted molar refractivity (Wildman–Crippen MR) is 70.9 cm³/mol. The Morgan fingerprint density at radius 2 is 2.12 bits per heavy atom. The molecule has 0 aromatic heterocycles. The van der Waals surface area contributed by atoms with Gasteiger partial charge in [0.15, 0.2) is 0 Å². The van der Waals surface area contributed by atoms with Crippen molar-refractivity contribution in [2.45, 2.75) is 19.8 Å². The smallest absolute Gasteiger partial charge is 0.119 e. The van der Waals surface area contributed by atoms with Crippen molar-refractivity contribution in [3.05, 3.63) is 28.8 Å². The van der Waals surface area contributed by atoms with Crippen LogP contribution in [0.5, 0.6) is 5.75 Å². The van der Waals surface area contributed by atoms with Crippen LogP contribution in [0.4, 0.5) is 0 Å². The van der Waals surface area contributed by atoms with Gasteiger partial charge in [-0.25, -0.2) is 0 Å². The van der Waals surface area contributed by atoms with Crippen molar-refractivity contribution in [2.24, 2.45) is 0 Å². The number of hydrogen-bond acceptors (Lipinski definition) is 3. The van der Waals surface area contributed by atoms with E-state index in [2.05, 4.69) is 5.32 Å².